The molecular formula is C25H26N8O. The van der Waals surface area contributed by atoms with Crippen LogP contribution >= 0.6 is 0 Å². The Morgan fingerprint density at radius 2 is 2.06 bits per heavy atom. The molecule has 0 spiro atoms. The SMILES string of the molecule is CN1CCC(Nc2ccc3[nH]nc(C(=O)Nc4cnn(Cc5cccc(C#N)c5)c4)c3c2)CC1. The number of nitrogens with zero attached hydrogens (tertiary/aromatic N) is 5. The molecule has 3 heterocycles. The van der Waals surface area contributed by atoms with Crippen LogP contribution in [0.2, 0.25) is 0 Å². The summed E-state index contributed by atoms with van der Waals surface area (Å²) in [7, 11) is 2.15. The molecule has 3 N–H and O–H groups in total. The van der Waals surface area contributed by atoms with Gasteiger partial charge in [-0.2, -0.15) is 15.5 Å². The van der Waals surface area contributed by atoms with Gasteiger partial charge in [-0.3, -0.25) is 14.6 Å². The third kappa shape index (κ3) is 4.77. The van der Waals surface area contributed by atoms with E-state index in [2.05, 4.69) is 43.9 Å². The average molecular weight is 455 g/mol. The number of hydrogen-bond donors (Lipinski definition) is 3. The van der Waals surface area contributed by atoms with Crippen molar-refractivity contribution in [2.45, 2.75) is 25.4 Å². The molecule has 0 atom stereocenters. The van der Waals surface area contributed by atoms with Gasteiger partial charge in [0.25, 0.3) is 5.91 Å². The Kier molecular flexibility index (Phi) is 5.97. The van der Waals surface area contributed by atoms with E-state index in [9.17, 15) is 4.79 Å². The van der Waals surface area contributed by atoms with Crippen LogP contribution in [0.4, 0.5) is 11.4 Å². The Morgan fingerprint density at radius 3 is 2.88 bits per heavy atom. The van der Waals surface area contributed by atoms with Crippen molar-refractivity contribution in [1.29, 1.82) is 5.26 Å². The van der Waals surface area contributed by atoms with E-state index in [4.69, 9.17) is 5.26 Å². The minimum Gasteiger partial charge on any atom is -0.382 e. The zero-order chi connectivity index (χ0) is 23.5. The highest BCUT2D eigenvalue weighted by atomic mass is 16.2. The van der Waals surface area contributed by atoms with Gasteiger partial charge in [0.1, 0.15) is 0 Å². The molecular weight excluding hydrogens is 428 g/mol. The molecule has 4 aromatic rings. The Morgan fingerprint density at radius 1 is 1.21 bits per heavy atom. The van der Waals surface area contributed by atoms with Crippen molar-refractivity contribution >= 4 is 28.2 Å². The van der Waals surface area contributed by atoms with Crippen LogP contribution in [-0.4, -0.2) is 57.0 Å². The van der Waals surface area contributed by atoms with Crippen LogP contribution in [0.3, 0.4) is 0 Å². The molecule has 0 radical (unpaired) electrons. The monoisotopic (exact) mass is 454 g/mol. The molecule has 0 unspecified atom stereocenters. The number of rotatable bonds is 6. The normalized spacial score (nSPS) is 14.7. The van der Waals surface area contributed by atoms with Crippen LogP contribution in [0, 0.1) is 11.3 Å². The predicted octanol–water partition coefficient (Wildman–Crippen LogP) is 3.44. The maximum Gasteiger partial charge on any atom is 0.276 e. The van der Waals surface area contributed by atoms with Crippen LogP contribution < -0.4 is 10.6 Å². The second-order valence-electron chi connectivity index (χ2n) is 8.75. The number of nitrogens with one attached hydrogen (secondary N) is 3. The number of benzene rings is 2. The molecule has 1 fully saturated rings. The first kappa shape index (κ1) is 21.7. The van der Waals surface area contributed by atoms with Crippen LogP contribution in [0.5, 0.6) is 0 Å². The van der Waals surface area contributed by atoms with Gasteiger partial charge in [-0.15, -0.1) is 0 Å². The molecule has 1 saturated heterocycles. The number of carbonyl (C=O) groups excluding carboxylic acids is 1. The number of amides is 1. The van der Waals surface area contributed by atoms with Crippen molar-refractivity contribution in [3.8, 4) is 6.07 Å². The quantitative estimate of drug-likeness (QED) is 0.411. The van der Waals surface area contributed by atoms with E-state index in [0.29, 0.717) is 29.5 Å². The van der Waals surface area contributed by atoms with Crippen LogP contribution in [0.1, 0.15) is 34.5 Å². The van der Waals surface area contributed by atoms with Crippen molar-refractivity contribution in [2.75, 3.05) is 30.8 Å². The van der Waals surface area contributed by atoms with Crippen molar-refractivity contribution in [2.24, 2.45) is 0 Å². The molecule has 1 aliphatic rings. The number of fused-ring (bicyclic) bond motifs is 1. The van der Waals surface area contributed by atoms with E-state index >= 15 is 0 Å². The fraction of sp³-hybridized carbons (Fsp3) is 0.280. The summed E-state index contributed by atoms with van der Waals surface area (Å²) < 4.78 is 1.72. The van der Waals surface area contributed by atoms with Gasteiger partial charge in [-0.05, 0) is 68.9 Å². The molecule has 0 bridgehead atoms. The highest BCUT2D eigenvalue weighted by Crippen LogP contribution is 2.24. The molecule has 172 valence electrons. The molecule has 5 rings (SSSR count). The van der Waals surface area contributed by atoms with E-state index in [1.165, 1.54) is 0 Å². The van der Waals surface area contributed by atoms with Gasteiger partial charge >= 0.3 is 0 Å². The zero-order valence-electron chi connectivity index (χ0n) is 19.0. The predicted molar refractivity (Wildman–Crippen MR) is 131 cm³/mol. The first-order chi connectivity index (χ1) is 16.6. The largest absolute Gasteiger partial charge is 0.382 e. The van der Waals surface area contributed by atoms with E-state index in [-0.39, 0.29) is 5.91 Å². The molecule has 0 saturated carbocycles. The number of likely N-dealkylation sites (tertiary alicyclic amines) is 1. The minimum absolute atomic E-state index is 0.297. The fourth-order valence-corrected chi connectivity index (χ4v) is 4.30. The summed E-state index contributed by atoms with van der Waals surface area (Å²) in [6, 6.07) is 15.9. The number of anilines is 2. The maximum atomic E-state index is 13.0. The highest BCUT2D eigenvalue weighted by Gasteiger charge is 2.19. The average Bonchev–Trinajstić information content (AvgIpc) is 3.47. The Hall–Kier alpha value is -4.16. The summed E-state index contributed by atoms with van der Waals surface area (Å²) in [6.45, 7) is 2.66. The topological polar surface area (TPSA) is 115 Å². The van der Waals surface area contributed by atoms with Gasteiger partial charge in [0, 0.05) is 23.3 Å². The van der Waals surface area contributed by atoms with Crippen molar-refractivity contribution in [3.63, 3.8) is 0 Å². The van der Waals surface area contributed by atoms with Gasteiger partial charge in [0.2, 0.25) is 0 Å². The van der Waals surface area contributed by atoms with E-state index in [1.807, 2.05) is 36.4 Å². The molecule has 34 heavy (non-hydrogen) atoms. The van der Waals surface area contributed by atoms with Crippen molar-refractivity contribution in [1.82, 2.24) is 24.9 Å². The number of H-pyrrole nitrogens is 1. The van der Waals surface area contributed by atoms with Crippen LogP contribution in [-0.2, 0) is 6.54 Å². The second-order valence-corrected chi connectivity index (χ2v) is 8.75. The number of hydrogen-bond acceptors (Lipinski definition) is 6. The standard InChI is InChI=1S/C25H26N8O/c1-32-9-7-19(8-10-32)28-20-5-6-23-22(12-20)24(31-30-23)25(34)29-21-14-27-33(16-21)15-18-4-2-3-17(11-18)13-26/h2-6,11-12,14,16,19,28H,7-10,15H2,1H3,(H,29,34)(H,30,31). The first-order valence-electron chi connectivity index (χ1n) is 11.3. The number of nitriles is 1. The summed E-state index contributed by atoms with van der Waals surface area (Å²) >= 11 is 0. The van der Waals surface area contributed by atoms with Gasteiger partial charge in [0.05, 0.1) is 35.6 Å². The lowest BCUT2D eigenvalue weighted by Gasteiger charge is -2.30. The summed E-state index contributed by atoms with van der Waals surface area (Å²) in [6.07, 6.45) is 5.56. The lowest BCUT2D eigenvalue weighted by molar-refractivity contribution is 0.102. The van der Waals surface area contributed by atoms with Crippen LogP contribution in [0.25, 0.3) is 10.9 Å². The number of piperidine rings is 1. The van der Waals surface area contributed by atoms with Crippen molar-refractivity contribution in [3.05, 3.63) is 71.7 Å². The Bertz CT molecular complexity index is 1360. The van der Waals surface area contributed by atoms with E-state index in [0.717, 1.165) is 48.1 Å². The maximum absolute atomic E-state index is 13.0. The van der Waals surface area contributed by atoms with Gasteiger partial charge in [0.15, 0.2) is 5.69 Å². The summed E-state index contributed by atoms with van der Waals surface area (Å²) in [5, 5.41) is 27.9. The summed E-state index contributed by atoms with van der Waals surface area (Å²) in [5.41, 5.74) is 4.29. The smallest absolute Gasteiger partial charge is 0.276 e. The summed E-state index contributed by atoms with van der Waals surface area (Å²) in [4.78, 5) is 15.3. The van der Waals surface area contributed by atoms with Gasteiger partial charge in [-0.25, -0.2) is 0 Å². The minimum atomic E-state index is -0.297. The molecule has 1 aliphatic heterocycles. The van der Waals surface area contributed by atoms with Crippen LogP contribution in [0.15, 0.2) is 54.9 Å². The Labute approximate surface area is 197 Å². The van der Waals surface area contributed by atoms with E-state index < -0.39 is 0 Å². The molecule has 0 aliphatic carbocycles. The lowest BCUT2D eigenvalue weighted by atomic mass is 10.0. The first-order valence-corrected chi connectivity index (χ1v) is 11.3. The fourth-order valence-electron chi connectivity index (χ4n) is 4.30. The Balaban J connectivity index is 1.27. The third-order valence-corrected chi connectivity index (χ3v) is 6.16. The summed E-state index contributed by atoms with van der Waals surface area (Å²) in [5.74, 6) is -0.297. The molecule has 2 aromatic heterocycles. The van der Waals surface area contributed by atoms with Crippen molar-refractivity contribution < 1.29 is 4.79 Å². The number of aromatic amines is 1. The zero-order valence-corrected chi connectivity index (χ0v) is 19.0. The molecule has 9 nitrogen and oxygen atoms in total. The lowest BCUT2D eigenvalue weighted by Crippen LogP contribution is -2.36. The second kappa shape index (κ2) is 9.37. The molecule has 1 amide bonds. The van der Waals surface area contributed by atoms with E-state index in [1.54, 1.807) is 23.1 Å². The third-order valence-electron chi connectivity index (χ3n) is 6.16. The molecule has 9 heteroatoms. The highest BCUT2D eigenvalue weighted by molar-refractivity contribution is 6.11. The number of aromatic nitrogens is 4. The molecule has 2 aromatic carbocycles. The number of carbonyl (C=O) groups is 1. The van der Waals surface area contributed by atoms with Gasteiger partial charge in [-0.1, -0.05) is 12.1 Å². The van der Waals surface area contributed by atoms with Gasteiger partial charge < -0.3 is 15.5 Å².